The molecule has 8 nitrogen and oxygen atoms in total. The van der Waals surface area contributed by atoms with E-state index in [1.165, 1.54) is 5.56 Å². The second-order valence-electron chi connectivity index (χ2n) is 11.9. The minimum Gasteiger partial charge on any atom is -0.466 e. The third-order valence-corrected chi connectivity index (χ3v) is 7.75. The Hall–Kier alpha value is -2.90. The van der Waals surface area contributed by atoms with E-state index >= 15 is 0 Å². The van der Waals surface area contributed by atoms with Gasteiger partial charge >= 0.3 is 11.9 Å². The minimum atomic E-state index is -1.10. The Morgan fingerprint density at radius 3 is 1.74 bits per heavy atom. The zero-order valence-corrected chi connectivity index (χ0v) is 25.2. The van der Waals surface area contributed by atoms with Crippen molar-refractivity contribution in [2.24, 2.45) is 23.7 Å². The summed E-state index contributed by atoms with van der Waals surface area (Å²) < 4.78 is 10.5. The smallest absolute Gasteiger partial charge is 0.310 e. The molecule has 2 N–H and O–H groups in total. The highest BCUT2D eigenvalue weighted by Gasteiger charge is 2.64. The molecule has 2 amide bonds. The Labute approximate surface area is 234 Å². The van der Waals surface area contributed by atoms with Gasteiger partial charge in [0.05, 0.1) is 36.9 Å². The second-order valence-corrected chi connectivity index (χ2v) is 11.9. The number of benzene rings is 1. The molecule has 0 saturated heterocycles. The number of amides is 2. The summed E-state index contributed by atoms with van der Waals surface area (Å²) in [6.45, 7) is 17.8. The molecule has 39 heavy (non-hydrogen) atoms. The average Bonchev–Trinajstić information content (AvgIpc) is 2.79. The number of carbonyl (C=O) groups is 4. The number of ether oxygens (including phenoxy) is 2. The lowest BCUT2D eigenvalue weighted by Gasteiger charge is -2.47. The third-order valence-electron chi connectivity index (χ3n) is 7.75. The minimum absolute atomic E-state index is 0.00777. The predicted molar refractivity (Wildman–Crippen MR) is 152 cm³/mol. The lowest BCUT2D eigenvalue weighted by atomic mass is 9.55. The highest BCUT2D eigenvalue weighted by atomic mass is 16.5. The molecule has 1 aromatic carbocycles. The third kappa shape index (κ3) is 7.61. The molecule has 0 heterocycles. The zero-order valence-electron chi connectivity index (χ0n) is 25.2. The summed E-state index contributed by atoms with van der Waals surface area (Å²) in [6, 6.07) is 5.91. The Kier molecular flexibility index (Phi) is 11.1. The lowest BCUT2D eigenvalue weighted by Crippen LogP contribution is -2.64. The molecule has 218 valence electrons. The maximum Gasteiger partial charge on any atom is 0.310 e. The number of anilines is 1. The summed E-state index contributed by atoms with van der Waals surface area (Å²) in [7, 11) is 0. The lowest BCUT2D eigenvalue weighted by molar-refractivity contribution is -0.185. The van der Waals surface area contributed by atoms with Crippen LogP contribution in [0.4, 0.5) is 5.69 Å². The van der Waals surface area contributed by atoms with Crippen LogP contribution in [0.3, 0.4) is 0 Å². The van der Waals surface area contributed by atoms with Crippen molar-refractivity contribution in [2.45, 2.75) is 99.0 Å². The molecule has 2 unspecified atom stereocenters. The first-order valence-electron chi connectivity index (χ1n) is 14.3. The number of carbonyl (C=O) groups excluding carboxylic acids is 4. The fraction of sp³-hybridized carbons (Fsp3) is 0.677. The SMILES string of the molecule is CCCC(C)(C)NC(=O)C1C(C(=O)OCC)C(C(=O)Nc2ccc(C(C)(C)CCC)cc2C)C1C(=O)OCC. The van der Waals surface area contributed by atoms with E-state index in [1.807, 2.05) is 39.8 Å². The molecule has 1 fully saturated rings. The molecule has 2 rings (SSSR count). The fourth-order valence-corrected chi connectivity index (χ4v) is 5.78. The van der Waals surface area contributed by atoms with E-state index in [2.05, 4.69) is 37.5 Å². The van der Waals surface area contributed by atoms with Crippen molar-refractivity contribution in [1.29, 1.82) is 0 Å². The van der Waals surface area contributed by atoms with Crippen molar-refractivity contribution in [3.63, 3.8) is 0 Å². The standard InChI is InChI=1S/C31H48N2O6/c1-10-16-30(6,7)20-14-15-21(19(5)18-20)32-26(34)22-24(28(36)38-12-3)23(25(22)29(37)39-13-4)27(35)33-31(8,9)17-11-2/h14-15,18,22-25H,10-13,16-17H2,1-9H3,(H,32,34)(H,33,35). The topological polar surface area (TPSA) is 111 Å². The molecule has 2 atom stereocenters. The van der Waals surface area contributed by atoms with Gasteiger partial charge in [-0.05, 0) is 70.1 Å². The fourth-order valence-electron chi connectivity index (χ4n) is 5.78. The van der Waals surface area contributed by atoms with Crippen molar-refractivity contribution >= 4 is 29.4 Å². The summed E-state index contributed by atoms with van der Waals surface area (Å²) in [5.74, 6) is -6.64. The molecule has 1 aliphatic carbocycles. The van der Waals surface area contributed by atoms with Gasteiger partial charge < -0.3 is 20.1 Å². The van der Waals surface area contributed by atoms with Gasteiger partial charge in [-0.25, -0.2) is 0 Å². The van der Waals surface area contributed by atoms with Gasteiger partial charge in [0.15, 0.2) is 0 Å². The molecule has 0 aromatic heterocycles. The highest BCUT2D eigenvalue weighted by Crippen LogP contribution is 2.49. The number of rotatable bonds is 13. The van der Waals surface area contributed by atoms with Crippen molar-refractivity contribution < 1.29 is 28.7 Å². The van der Waals surface area contributed by atoms with Gasteiger partial charge in [-0.2, -0.15) is 0 Å². The first kappa shape index (κ1) is 32.3. The van der Waals surface area contributed by atoms with E-state index in [4.69, 9.17) is 9.47 Å². The van der Waals surface area contributed by atoms with Crippen molar-refractivity contribution in [2.75, 3.05) is 18.5 Å². The molecular formula is C31H48N2O6. The Morgan fingerprint density at radius 2 is 1.28 bits per heavy atom. The number of esters is 2. The first-order valence-corrected chi connectivity index (χ1v) is 14.3. The van der Waals surface area contributed by atoms with Crippen LogP contribution in [0.2, 0.25) is 0 Å². The summed E-state index contributed by atoms with van der Waals surface area (Å²) in [4.78, 5) is 53.3. The number of nitrogens with one attached hydrogen (secondary N) is 2. The largest absolute Gasteiger partial charge is 0.466 e. The number of hydrogen-bond acceptors (Lipinski definition) is 6. The van der Waals surface area contributed by atoms with Crippen molar-refractivity contribution in [1.82, 2.24) is 5.32 Å². The number of aryl methyl sites for hydroxylation is 1. The average molecular weight is 545 g/mol. The van der Waals surface area contributed by atoms with E-state index in [-0.39, 0.29) is 18.6 Å². The van der Waals surface area contributed by atoms with Crippen LogP contribution in [0.15, 0.2) is 18.2 Å². The van der Waals surface area contributed by atoms with E-state index in [0.29, 0.717) is 12.1 Å². The monoisotopic (exact) mass is 544 g/mol. The van der Waals surface area contributed by atoms with Crippen LogP contribution in [-0.2, 0) is 34.1 Å². The van der Waals surface area contributed by atoms with Gasteiger partial charge in [0.25, 0.3) is 0 Å². The van der Waals surface area contributed by atoms with Gasteiger partial charge in [-0.1, -0.05) is 52.7 Å². The normalized spacial score (nSPS) is 20.9. The maximum absolute atomic E-state index is 13.7. The van der Waals surface area contributed by atoms with Crippen LogP contribution >= 0.6 is 0 Å². The van der Waals surface area contributed by atoms with Crippen LogP contribution in [0.5, 0.6) is 0 Å². The Morgan fingerprint density at radius 1 is 0.769 bits per heavy atom. The Bertz CT molecular complexity index is 1020. The predicted octanol–water partition coefficient (Wildman–Crippen LogP) is 5.31. The number of hydrogen-bond donors (Lipinski definition) is 2. The van der Waals surface area contributed by atoms with Crippen LogP contribution in [0.1, 0.15) is 92.2 Å². The molecule has 0 aliphatic heterocycles. The van der Waals surface area contributed by atoms with E-state index in [9.17, 15) is 19.2 Å². The van der Waals surface area contributed by atoms with E-state index in [1.54, 1.807) is 13.8 Å². The van der Waals surface area contributed by atoms with Gasteiger partial charge in [0, 0.05) is 11.2 Å². The molecule has 8 heteroatoms. The first-order chi connectivity index (χ1) is 18.2. The quantitative estimate of drug-likeness (QED) is 0.326. The molecule has 0 spiro atoms. The Balaban J connectivity index is 2.42. The van der Waals surface area contributed by atoms with Gasteiger partial charge in [0.2, 0.25) is 11.8 Å². The molecular weight excluding hydrogens is 496 g/mol. The van der Waals surface area contributed by atoms with Gasteiger partial charge in [-0.3, -0.25) is 19.2 Å². The molecule has 0 radical (unpaired) electrons. The summed E-state index contributed by atoms with van der Waals surface area (Å²) >= 11 is 0. The molecule has 0 bridgehead atoms. The summed E-state index contributed by atoms with van der Waals surface area (Å²) in [5, 5.41) is 5.89. The van der Waals surface area contributed by atoms with E-state index < -0.39 is 53.0 Å². The van der Waals surface area contributed by atoms with Crippen LogP contribution in [0.25, 0.3) is 0 Å². The summed E-state index contributed by atoms with van der Waals surface area (Å²) in [6.07, 6.45) is 3.65. The van der Waals surface area contributed by atoms with E-state index in [0.717, 1.165) is 24.8 Å². The van der Waals surface area contributed by atoms with Gasteiger partial charge in [0.1, 0.15) is 0 Å². The maximum atomic E-state index is 13.7. The van der Waals surface area contributed by atoms with Crippen LogP contribution in [0, 0.1) is 30.6 Å². The second kappa shape index (κ2) is 13.4. The van der Waals surface area contributed by atoms with Gasteiger partial charge in [-0.15, -0.1) is 0 Å². The molecule has 1 aliphatic rings. The van der Waals surface area contributed by atoms with Crippen LogP contribution in [-0.4, -0.2) is 42.5 Å². The van der Waals surface area contributed by atoms with Crippen molar-refractivity contribution in [3.05, 3.63) is 29.3 Å². The zero-order chi connectivity index (χ0) is 29.5. The molecule has 1 aromatic rings. The summed E-state index contributed by atoms with van der Waals surface area (Å²) in [5.41, 5.74) is 2.09. The highest BCUT2D eigenvalue weighted by molar-refractivity contribution is 6.04. The molecule has 1 saturated carbocycles. The van der Waals surface area contributed by atoms with Crippen LogP contribution < -0.4 is 10.6 Å². The van der Waals surface area contributed by atoms with Crippen molar-refractivity contribution in [3.8, 4) is 0 Å².